The number of rotatable bonds is 5. The maximum atomic E-state index is 13.1. The monoisotopic (exact) mass is 372 g/mol. The Morgan fingerprint density at radius 2 is 2.00 bits per heavy atom. The fourth-order valence-electron chi connectivity index (χ4n) is 1.58. The van der Waals surface area contributed by atoms with Crippen molar-refractivity contribution in [1.29, 1.82) is 0 Å². The Morgan fingerprint density at radius 1 is 1.38 bits per heavy atom. The second-order valence-corrected chi connectivity index (χ2v) is 4.74. The highest BCUT2D eigenvalue weighted by molar-refractivity contribution is 9.09. The number of alkyl halides is 4. The van der Waals surface area contributed by atoms with Crippen LogP contribution in [0.15, 0.2) is 18.2 Å². The van der Waals surface area contributed by atoms with Crippen molar-refractivity contribution >= 4 is 27.5 Å². The molecule has 0 aliphatic carbocycles. The predicted octanol–water partition coefficient (Wildman–Crippen LogP) is 3.13. The van der Waals surface area contributed by atoms with Gasteiger partial charge < -0.3 is 4.90 Å². The van der Waals surface area contributed by atoms with Crippen LogP contribution in [0.2, 0.25) is 0 Å². The molecule has 5 nitrogen and oxygen atoms in total. The van der Waals surface area contributed by atoms with E-state index in [2.05, 4.69) is 15.9 Å². The van der Waals surface area contributed by atoms with Gasteiger partial charge in [-0.1, -0.05) is 15.9 Å². The number of hydrogen-bond donors (Lipinski definition) is 0. The van der Waals surface area contributed by atoms with Crippen molar-refractivity contribution in [3.05, 3.63) is 39.7 Å². The van der Waals surface area contributed by atoms with Crippen molar-refractivity contribution < 1.29 is 27.3 Å². The molecule has 1 aromatic carbocycles. The molecule has 21 heavy (non-hydrogen) atoms. The molecule has 1 rings (SSSR count). The van der Waals surface area contributed by atoms with Crippen LogP contribution in [0.4, 0.5) is 23.2 Å². The van der Waals surface area contributed by atoms with Crippen molar-refractivity contribution in [2.24, 2.45) is 0 Å². The van der Waals surface area contributed by atoms with Crippen LogP contribution in [0.5, 0.6) is 0 Å². The molecule has 0 saturated heterocycles. The standard InChI is InChI=1S/C11H9BrF4N2O3/c12-3-4-17(6-11(14,15)16)10(19)8-5-7(13)1-2-9(8)18(20)21/h1-2,5H,3-4,6H2. The van der Waals surface area contributed by atoms with Crippen molar-refractivity contribution in [2.75, 3.05) is 18.4 Å². The zero-order valence-corrected chi connectivity index (χ0v) is 11.9. The van der Waals surface area contributed by atoms with Gasteiger partial charge in [0.2, 0.25) is 0 Å². The van der Waals surface area contributed by atoms with Crippen molar-refractivity contribution in [3.8, 4) is 0 Å². The molecule has 0 aliphatic heterocycles. The highest BCUT2D eigenvalue weighted by Gasteiger charge is 2.35. The maximum absolute atomic E-state index is 13.1. The summed E-state index contributed by atoms with van der Waals surface area (Å²) in [5.41, 5.74) is -1.46. The lowest BCUT2D eigenvalue weighted by atomic mass is 10.1. The minimum atomic E-state index is -4.67. The first-order chi connectivity index (χ1) is 9.65. The van der Waals surface area contributed by atoms with Gasteiger partial charge in [0.15, 0.2) is 0 Å². The van der Waals surface area contributed by atoms with Gasteiger partial charge in [-0.25, -0.2) is 4.39 Å². The number of carbonyl (C=O) groups excluding carboxylic acids is 1. The molecule has 0 aromatic heterocycles. The first-order valence-corrected chi connectivity index (χ1v) is 6.64. The Labute approximate surface area is 124 Å². The summed E-state index contributed by atoms with van der Waals surface area (Å²) in [4.78, 5) is 22.2. The predicted molar refractivity (Wildman–Crippen MR) is 68.8 cm³/mol. The molecule has 0 spiro atoms. The van der Waals surface area contributed by atoms with Crippen molar-refractivity contribution in [1.82, 2.24) is 4.90 Å². The summed E-state index contributed by atoms with van der Waals surface area (Å²) in [6.45, 7) is -1.91. The minimum absolute atomic E-state index is 0.0396. The quantitative estimate of drug-likeness (QED) is 0.345. The molecule has 0 saturated carbocycles. The van der Waals surface area contributed by atoms with Crippen LogP contribution in [-0.2, 0) is 0 Å². The minimum Gasteiger partial charge on any atom is -0.328 e. The lowest BCUT2D eigenvalue weighted by Crippen LogP contribution is -2.40. The average Bonchev–Trinajstić information content (AvgIpc) is 2.35. The third-order valence-electron chi connectivity index (χ3n) is 2.40. The molecule has 0 unspecified atom stereocenters. The van der Waals surface area contributed by atoms with Crippen LogP contribution < -0.4 is 0 Å². The van der Waals surface area contributed by atoms with Crippen LogP contribution in [0, 0.1) is 15.9 Å². The highest BCUT2D eigenvalue weighted by Crippen LogP contribution is 2.24. The van der Waals surface area contributed by atoms with Gasteiger partial charge in [-0.15, -0.1) is 0 Å². The topological polar surface area (TPSA) is 63.4 Å². The largest absolute Gasteiger partial charge is 0.406 e. The number of hydrogen-bond acceptors (Lipinski definition) is 3. The molecule has 10 heteroatoms. The summed E-state index contributed by atoms with van der Waals surface area (Å²) >= 11 is 2.89. The lowest BCUT2D eigenvalue weighted by molar-refractivity contribution is -0.385. The Balaban J connectivity index is 3.19. The number of carbonyl (C=O) groups is 1. The fraction of sp³-hybridized carbons (Fsp3) is 0.364. The fourth-order valence-corrected chi connectivity index (χ4v) is 2.01. The molecule has 116 valence electrons. The molecule has 1 amide bonds. The van der Waals surface area contributed by atoms with Crippen molar-refractivity contribution in [2.45, 2.75) is 6.18 Å². The molecule has 0 N–H and O–H groups in total. The zero-order chi connectivity index (χ0) is 16.2. The van der Waals surface area contributed by atoms with Gasteiger partial charge in [0.25, 0.3) is 11.6 Å². The number of benzene rings is 1. The number of halogens is 5. The Hall–Kier alpha value is -1.71. The first-order valence-electron chi connectivity index (χ1n) is 5.51. The normalized spacial score (nSPS) is 11.3. The van der Waals surface area contributed by atoms with E-state index in [1.807, 2.05) is 0 Å². The first kappa shape index (κ1) is 17.3. The van der Waals surface area contributed by atoms with Crippen LogP contribution in [0.1, 0.15) is 10.4 Å². The third-order valence-corrected chi connectivity index (χ3v) is 2.75. The van der Waals surface area contributed by atoms with Crippen molar-refractivity contribution in [3.63, 3.8) is 0 Å². The second-order valence-electron chi connectivity index (χ2n) is 3.95. The van der Waals surface area contributed by atoms with E-state index in [1.54, 1.807) is 0 Å². The Kier molecular flexibility index (Phi) is 5.64. The molecular weight excluding hydrogens is 364 g/mol. The van der Waals surface area contributed by atoms with E-state index in [-0.39, 0.29) is 11.9 Å². The van der Waals surface area contributed by atoms with Gasteiger partial charge in [-0.05, 0) is 12.1 Å². The Morgan fingerprint density at radius 3 is 2.48 bits per heavy atom. The molecule has 0 atom stereocenters. The number of nitro benzene ring substituents is 1. The number of nitrogens with zero attached hydrogens (tertiary/aromatic N) is 2. The summed E-state index contributed by atoms with van der Waals surface area (Å²) in [6, 6.07) is 2.05. The van der Waals surface area contributed by atoms with E-state index in [0.717, 1.165) is 12.1 Å². The van der Waals surface area contributed by atoms with Crippen LogP contribution in [-0.4, -0.2) is 40.3 Å². The van der Waals surface area contributed by atoms with Gasteiger partial charge in [0.1, 0.15) is 17.9 Å². The van der Waals surface area contributed by atoms with Gasteiger partial charge in [0, 0.05) is 17.9 Å². The summed E-state index contributed by atoms with van der Waals surface area (Å²) in [7, 11) is 0. The van der Waals surface area contributed by atoms with Crippen LogP contribution in [0.25, 0.3) is 0 Å². The van der Waals surface area contributed by atoms with E-state index < -0.39 is 40.6 Å². The number of amides is 1. The van der Waals surface area contributed by atoms with E-state index in [9.17, 15) is 32.5 Å². The van der Waals surface area contributed by atoms with Gasteiger partial charge in [0.05, 0.1) is 4.92 Å². The SMILES string of the molecule is O=C(c1cc(F)ccc1[N+](=O)[O-])N(CCBr)CC(F)(F)F. The molecule has 0 fully saturated rings. The summed E-state index contributed by atoms with van der Waals surface area (Å²) < 4.78 is 50.4. The van der Waals surface area contributed by atoms with Gasteiger partial charge in [-0.2, -0.15) is 13.2 Å². The van der Waals surface area contributed by atoms with E-state index >= 15 is 0 Å². The summed E-state index contributed by atoms with van der Waals surface area (Å²) in [5.74, 6) is -2.20. The van der Waals surface area contributed by atoms with E-state index in [1.165, 1.54) is 0 Å². The Bertz CT molecular complexity index is 551. The zero-order valence-electron chi connectivity index (χ0n) is 10.4. The maximum Gasteiger partial charge on any atom is 0.406 e. The van der Waals surface area contributed by atoms with Gasteiger partial charge >= 0.3 is 6.18 Å². The molecule has 0 radical (unpaired) electrons. The molecule has 0 aliphatic rings. The second kappa shape index (κ2) is 6.83. The van der Waals surface area contributed by atoms with E-state index in [4.69, 9.17) is 0 Å². The summed E-state index contributed by atoms with van der Waals surface area (Å²) in [5, 5.41) is 10.8. The highest BCUT2D eigenvalue weighted by atomic mass is 79.9. The van der Waals surface area contributed by atoms with Crippen LogP contribution >= 0.6 is 15.9 Å². The smallest absolute Gasteiger partial charge is 0.328 e. The lowest BCUT2D eigenvalue weighted by Gasteiger charge is -2.23. The molecular formula is C11H9BrF4N2O3. The molecule has 0 heterocycles. The van der Waals surface area contributed by atoms with Gasteiger partial charge in [-0.3, -0.25) is 14.9 Å². The summed E-state index contributed by atoms with van der Waals surface area (Å²) in [6.07, 6.45) is -4.67. The molecule has 0 bridgehead atoms. The average molecular weight is 373 g/mol. The van der Waals surface area contributed by atoms with Crippen LogP contribution in [0.3, 0.4) is 0 Å². The third kappa shape index (κ3) is 4.96. The number of nitro groups is 1. The molecule has 1 aromatic rings. The van der Waals surface area contributed by atoms with E-state index in [0.29, 0.717) is 11.0 Å².